The lowest BCUT2D eigenvalue weighted by molar-refractivity contribution is 0.0465. The smallest absolute Gasteiger partial charge is 0.0546 e. The van der Waals surface area contributed by atoms with Crippen molar-refractivity contribution in [2.45, 2.75) is 45.8 Å². The summed E-state index contributed by atoms with van der Waals surface area (Å²) in [6.45, 7) is 7.45. The Morgan fingerprint density at radius 1 is 1.35 bits per heavy atom. The minimum Gasteiger partial charge on any atom is -0.393 e. The van der Waals surface area contributed by atoms with Gasteiger partial charge in [-0.05, 0) is 55.8 Å². The van der Waals surface area contributed by atoms with E-state index in [0.29, 0.717) is 5.92 Å². The Morgan fingerprint density at radius 3 is 2.70 bits per heavy atom. The molecule has 3 heteroatoms. The molecule has 0 unspecified atom stereocenters. The van der Waals surface area contributed by atoms with Crippen molar-refractivity contribution in [2.24, 2.45) is 5.92 Å². The van der Waals surface area contributed by atoms with E-state index in [1.54, 1.807) is 0 Å². The van der Waals surface area contributed by atoms with Gasteiger partial charge in [0.05, 0.1) is 6.10 Å². The predicted molar refractivity (Wildman–Crippen MR) is 85.2 cm³/mol. The zero-order valence-electron chi connectivity index (χ0n) is 13.0. The van der Waals surface area contributed by atoms with Crippen molar-refractivity contribution < 1.29 is 5.11 Å². The summed E-state index contributed by atoms with van der Waals surface area (Å²) >= 11 is 0. The largest absolute Gasteiger partial charge is 0.393 e. The van der Waals surface area contributed by atoms with E-state index in [2.05, 4.69) is 49.3 Å². The summed E-state index contributed by atoms with van der Waals surface area (Å²) in [5.41, 5.74) is 4.00. The number of aliphatic hydroxyl groups is 1. The monoisotopic (exact) mass is 276 g/mol. The lowest BCUT2D eigenvalue weighted by Gasteiger charge is -2.35. The first kappa shape index (κ1) is 15.3. The van der Waals surface area contributed by atoms with Crippen LogP contribution in [0, 0.1) is 12.8 Å². The molecular formula is C17H28N2O. The summed E-state index contributed by atoms with van der Waals surface area (Å²) in [5, 5.41) is 12.8. The number of hydrogen-bond acceptors (Lipinski definition) is 3. The van der Waals surface area contributed by atoms with Crippen LogP contribution in [0.2, 0.25) is 0 Å². The van der Waals surface area contributed by atoms with Crippen molar-refractivity contribution in [1.29, 1.82) is 0 Å². The van der Waals surface area contributed by atoms with Crippen molar-refractivity contribution >= 4 is 5.69 Å². The first-order valence-corrected chi connectivity index (χ1v) is 7.79. The predicted octanol–water partition coefficient (Wildman–Crippen LogP) is 2.70. The standard InChI is InChI=1S/C17H28N2O/c1-4-7-18-11-14-5-6-17(13(2)8-14)19(3)12-15-9-16(20)10-15/h5-6,8,15-16,18,20H,4,7,9-12H2,1-3H3. The SMILES string of the molecule is CCCNCc1ccc(N(C)CC2CC(O)C2)c(C)c1. The van der Waals surface area contributed by atoms with Crippen molar-refractivity contribution in [1.82, 2.24) is 5.32 Å². The summed E-state index contributed by atoms with van der Waals surface area (Å²) in [6, 6.07) is 6.73. The molecule has 0 radical (unpaired) electrons. The molecule has 0 aromatic heterocycles. The fourth-order valence-corrected chi connectivity index (χ4v) is 3.00. The molecule has 0 aliphatic heterocycles. The molecule has 3 nitrogen and oxygen atoms in total. The maximum atomic E-state index is 9.37. The molecule has 20 heavy (non-hydrogen) atoms. The molecule has 2 N–H and O–H groups in total. The summed E-state index contributed by atoms with van der Waals surface area (Å²) in [5.74, 6) is 0.653. The van der Waals surface area contributed by atoms with E-state index in [0.717, 1.165) is 32.5 Å². The molecule has 1 aromatic rings. The van der Waals surface area contributed by atoms with Crippen LogP contribution in [0.5, 0.6) is 0 Å². The number of anilines is 1. The molecule has 112 valence electrons. The third kappa shape index (κ3) is 3.97. The maximum absolute atomic E-state index is 9.37. The molecule has 1 aromatic carbocycles. The lowest BCUT2D eigenvalue weighted by atomic mass is 9.82. The summed E-state index contributed by atoms with van der Waals surface area (Å²) in [7, 11) is 2.15. The van der Waals surface area contributed by atoms with Gasteiger partial charge in [-0.1, -0.05) is 19.1 Å². The molecule has 2 rings (SSSR count). The fourth-order valence-electron chi connectivity index (χ4n) is 3.00. The number of nitrogens with zero attached hydrogens (tertiary/aromatic N) is 1. The maximum Gasteiger partial charge on any atom is 0.0546 e. The zero-order valence-corrected chi connectivity index (χ0v) is 13.0. The van der Waals surface area contributed by atoms with Crippen molar-refractivity contribution in [3.8, 4) is 0 Å². The highest BCUT2D eigenvalue weighted by molar-refractivity contribution is 5.54. The zero-order chi connectivity index (χ0) is 14.5. The van der Waals surface area contributed by atoms with Gasteiger partial charge in [0.1, 0.15) is 0 Å². The summed E-state index contributed by atoms with van der Waals surface area (Å²) < 4.78 is 0. The highest BCUT2D eigenvalue weighted by Gasteiger charge is 2.28. The Kier molecular flexibility index (Phi) is 5.44. The molecule has 0 bridgehead atoms. The quantitative estimate of drug-likeness (QED) is 0.752. The van der Waals surface area contributed by atoms with Gasteiger partial charge in [-0.25, -0.2) is 0 Å². The number of rotatable bonds is 7. The number of nitrogens with one attached hydrogen (secondary N) is 1. The van der Waals surface area contributed by atoms with Crippen LogP contribution in [0.3, 0.4) is 0 Å². The number of aliphatic hydroxyl groups excluding tert-OH is 1. The van der Waals surface area contributed by atoms with Crippen molar-refractivity contribution in [3.05, 3.63) is 29.3 Å². The van der Waals surface area contributed by atoms with Gasteiger partial charge in [-0.15, -0.1) is 0 Å². The van der Waals surface area contributed by atoms with Gasteiger partial charge in [0, 0.05) is 25.8 Å². The van der Waals surface area contributed by atoms with Gasteiger partial charge < -0.3 is 15.3 Å². The van der Waals surface area contributed by atoms with Crippen LogP contribution in [-0.2, 0) is 6.54 Å². The van der Waals surface area contributed by atoms with E-state index in [1.165, 1.54) is 23.2 Å². The Morgan fingerprint density at radius 2 is 2.10 bits per heavy atom. The topological polar surface area (TPSA) is 35.5 Å². The van der Waals surface area contributed by atoms with Crippen LogP contribution in [-0.4, -0.2) is 31.3 Å². The van der Waals surface area contributed by atoms with Gasteiger partial charge in [0.25, 0.3) is 0 Å². The summed E-state index contributed by atoms with van der Waals surface area (Å²) in [6.07, 6.45) is 3.04. The first-order valence-electron chi connectivity index (χ1n) is 7.79. The molecule has 1 saturated carbocycles. The Bertz CT molecular complexity index is 427. The average molecular weight is 276 g/mol. The van der Waals surface area contributed by atoms with Gasteiger partial charge in [-0.2, -0.15) is 0 Å². The third-order valence-electron chi connectivity index (χ3n) is 4.17. The second kappa shape index (κ2) is 7.09. The van der Waals surface area contributed by atoms with Crippen molar-refractivity contribution in [2.75, 3.05) is 25.0 Å². The van der Waals surface area contributed by atoms with Gasteiger partial charge in [0.15, 0.2) is 0 Å². The van der Waals surface area contributed by atoms with Crippen LogP contribution < -0.4 is 10.2 Å². The van der Waals surface area contributed by atoms with Crippen LogP contribution in [0.15, 0.2) is 18.2 Å². The minimum absolute atomic E-state index is 0.0542. The van der Waals surface area contributed by atoms with Gasteiger partial charge in [-0.3, -0.25) is 0 Å². The van der Waals surface area contributed by atoms with E-state index in [9.17, 15) is 5.11 Å². The Labute approximate surface area is 123 Å². The molecule has 0 amide bonds. The highest BCUT2D eigenvalue weighted by atomic mass is 16.3. The fraction of sp³-hybridized carbons (Fsp3) is 0.647. The second-order valence-electron chi connectivity index (χ2n) is 6.17. The van der Waals surface area contributed by atoms with Gasteiger partial charge in [0.2, 0.25) is 0 Å². The van der Waals surface area contributed by atoms with E-state index >= 15 is 0 Å². The van der Waals surface area contributed by atoms with E-state index in [1.807, 2.05) is 0 Å². The minimum atomic E-state index is -0.0542. The normalized spacial score (nSPS) is 21.6. The first-order chi connectivity index (χ1) is 9.60. The number of aryl methyl sites for hydroxylation is 1. The molecule has 0 atom stereocenters. The van der Waals surface area contributed by atoms with Crippen molar-refractivity contribution in [3.63, 3.8) is 0 Å². The van der Waals surface area contributed by atoms with E-state index < -0.39 is 0 Å². The molecule has 0 spiro atoms. The molecule has 1 fully saturated rings. The second-order valence-corrected chi connectivity index (χ2v) is 6.17. The summed E-state index contributed by atoms with van der Waals surface area (Å²) in [4.78, 5) is 2.33. The highest BCUT2D eigenvalue weighted by Crippen LogP contribution is 2.30. The number of benzene rings is 1. The molecule has 1 aliphatic carbocycles. The Hall–Kier alpha value is -1.06. The van der Waals surface area contributed by atoms with Gasteiger partial charge >= 0.3 is 0 Å². The van der Waals surface area contributed by atoms with Crippen LogP contribution in [0.4, 0.5) is 5.69 Å². The van der Waals surface area contributed by atoms with Crippen LogP contribution in [0.25, 0.3) is 0 Å². The molecule has 1 aliphatic rings. The van der Waals surface area contributed by atoms with Crippen LogP contribution in [0.1, 0.15) is 37.3 Å². The number of hydrogen-bond donors (Lipinski definition) is 2. The molecule has 0 heterocycles. The van der Waals surface area contributed by atoms with E-state index in [4.69, 9.17) is 0 Å². The molecular weight excluding hydrogens is 248 g/mol. The van der Waals surface area contributed by atoms with E-state index in [-0.39, 0.29) is 6.10 Å². The van der Waals surface area contributed by atoms with Crippen LogP contribution >= 0.6 is 0 Å². The lowest BCUT2D eigenvalue weighted by Crippen LogP contribution is -2.37. The average Bonchev–Trinajstić information content (AvgIpc) is 2.37. The third-order valence-corrected chi connectivity index (χ3v) is 4.17. The molecule has 0 saturated heterocycles. The Balaban J connectivity index is 1.90.